The van der Waals surface area contributed by atoms with E-state index in [0.29, 0.717) is 17.9 Å². The van der Waals surface area contributed by atoms with Crippen molar-refractivity contribution >= 4 is 5.91 Å². The lowest BCUT2D eigenvalue weighted by Crippen LogP contribution is -2.45. The Hall–Kier alpha value is -0.610. The Morgan fingerprint density at radius 3 is 2.45 bits per heavy atom. The summed E-state index contributed by atoms with van der Waals surface area (Å²) in [5.41, 5.74) is 0. The highest BCUT2D eigenvalue weighted by Crippen LogP contribution is 2.25. The molecule has 0 spiro atoms. The Morgan fingerprint density at radius 2 is 1.85 bits per heavy atom. The molecule has 116 valence electrons. The van der Waals surface area contributed by atoms with Crippen LogP contribution in [0.25, 0.3) is 0 Å². The van der Waals surface area contributed by atoms with Gasteiger partial charge in [-0.25, -0.2) is 0 Å². The van der Waals surface area contributed by atoms with Gasteiger partial charge < -0.3 is 15.1 Å². The van der Waals surface area contributed by atoms with Gasteiger partial charge in [0.25, 0.3) is 0 Å². The van der Waals surface area contributed by atoms with Crippen LogP contribution in [0.5, 0.6) is 0 Å². The third-order valence-electron chi connectivity index (χ3n) is 5.31. The fourth-order valence-corrected chi connectivity index (χ4v) is 3.59. The zero-order chi connectivity index (χ0) is 14.5. The maximum absolute atomic E-state index is 12.5. The summed E-state index contributed by atoms with van der Waals surface area (Å²) in [5.74, 6) is 1.61. The highest BCUT2D eigenvalue weighted by Gasteiger charge is 2.27. The normalized spacial score (nSPS) is 24.6. The van der Waals surface area contributed by atoms with Crippen LogP contribution in [0, 0.1) is 11.8 Å². The third kappa shape index (κ3) is 4.19. The second-order valence-electron chi connectivity index (χ2n) is 6.81. The summed E-state index contributed by atoms with van der Waals surface area (Å²) in [6.07, 6.45) is 5.44. The molecule has 2 rings (SSSR count). The van der Waals surface area contributed by atoms with Gasteiger partial charge in [0.05, 0.1) is 0 Å². The van der Waals surface area contributed by atoms with Crippen molar-refractivity contribution in [3.05, 3.63) is 0 Å². The lowest BCUT2D eigenvalue weighted by Gasteiger charge is -2.36. The number of likely N-dealkylation sites (tertiary alicyclic amines) is 1. The molecule has 4 heteroatoms. The average Bonchev–Trinajstić information content (AvgIpc) is 2.48. The maximum Gasteiger partial charge on any atom is 0.222 e. The predicted octanol–water partition coefficient (Wildman–Crippen LogP) is 1.56. The van der Waals surface area contributed by atoms with Crippen LogP contribution in [0.3, 0.4) is 0 Å². The summed E-state index contributed by atoms with van der Waals surface area (Å²) in [6.45, 7) is 6.73. The van der Waals surface area contributed by atoms with E-state index in [1.54, 1.807) is 0 Å². The van der Waals surface area contributed by atoms with Crippen molar-refractivity contribution in [2.75, 3.05) is 40.3 Å². The van der Waals surface area contributed by atoms with E-state index in [0.717, 1.165) is 51.4 Å². The van der Waals surface area contributed by atoms with Gasteiger partial charge in [0.15, 0.2) is 0 Å². The van der Waals surface area contributed by atoms with E-state index < -0.39 is 0 Å². The number of piperidine rings is 2. The largest absolute Gasteiger partial charge is 0.343 e. The lowest BCUT2D eigenvalue weighted by atomic mass is 9.84. The molecule has 0 saturated carbocycles. The number of hydrogen-bond donors (Lipinski definition) is 1. The van der Waals surface area contributed by atoms with Gasteiger partial charge in [-0.1, -0.05) is 6.92 Å². The second kappa shape index (κ2) is 7.41. The summed E-state index contributed by atoms with van der Waals surface area (Å²) in [6, 6.07) is 0.457. The molecule has 2 aliphatic rings. The Morgan fingerprint density at radius 1 is 1.25 bits per heavy atom. The van der Waals surface area contributed by atoms with Gasteiger partial charge in [0.1, 0.15) is 0 Å². The van der Waals surface area contributed by atoms with Crippen molar-refractivity contribution in [2.45, 2.75) is 45.1 Å². The first-order chi connectivity index (χ1) is 9.58. The molecule has 2 saturated heterocycles. The number of nitrogens with one attached hydrogen (secondary N) is 1. The molecule has 2 fully saturated rings. The zero-order valence-corrected chi connectivity index (χ0v) is 13.4. The van der Waals surface area contributed by atoms with Crippen LogP contribution in [0.4, 0.5) is 0 Å². The molecular weight excluding hydrogens is 250 g/mol. The van der Waals surface area contributed by atoms with Crippen LogP contribution in [0.2, 0.25) is 0 Å². The first kappa shape index (κ1) is 15.8. The summed E-state index contributed by atoms with van der Waals surface area (Å²) >= 11 is 0. The molecule has 0 bridgehead atoms. The second-order valence-corrected chi connectivity index (χ2v) is 6.81. The van der Waals surface area contributed by atoms with Gasteiger partial charge in [0, 0.05) is 19.5 Å². The van der Waals surface area contributed by atoms with E-state index in [-0.39, 0.29) is 0 Å². The first-order valence-electron chi connectivity index (χ1n) is 8.23. The fourth-order valence-electron chi connectivity index (χ4n) is 3.59. The smallest absolute Gasteiger partial charge is 0.222 e. The lowest BCUT2D eigenvalue weighted by molar-refractivity contribution is -0.134. The Bertz CT molecular complexity index is 307. The molecule has 0 aromatic heterocycles. The number of carbonyl (C=O) groups is 1. The Labute approximate surface area is 123 Å². The Kier molecular flexibility index (Phi) is 5.85. The topological polar surface area (TPSA) is 35.6 Å². The zero-order valence-electron chi connectivity index (χ0n) is 13.4. The summed E-state index contributed by atoms with van der Waals surface area (Å²) in [5, 5.41) is 3.40. The van der Waals surface area contributed by atoms with Crippen LogP contribution in [-0.4, -0.2) is 62.0 Å². The first-order valence-corrected chi connectivity index (χ1v) is 8.23. The van der Waals surface area contributed by atoms with Crippen molar-refractivity contribution in [1.29, 1.82) is 0 Å². The average molecular weight is 281 g/mol. The third-order valence-corrected chi connectivity index (χ3v) is 5.31. The summed E-state index contributed by atoms with van der Waals surface area (Å²) in [4.78, 5) is 16.9. The Balaban J connectivity index is 1.78. The maximum atomic E-state index is 12.5. The fraction of sp³-hybridized carbons (Fsp3) is 0.938. The minimum Gasteiger partial charge on any atom is -0.343 e. The van der Waals surface area contributed by atoms with Crippen LogP contribution in [-0.2, 0) is 4.79 Å². The summed E-state index contributed by atoms with van der Waals surface area (Å²) < 4.78 is 0. The molecule has 1 atom stereocenters. The molecule has 1 N–H and O–H groups in total. The molecule has 0 aromatic carbocycles. The van der Waals surface area contributed by atoms with Crippen molar-refractivity contribution in [1.82, 2.24) is 15.1 Å². The molecular formula is C16H31N3O. The van der Waals surface area contributed by atoms with Crippen LogP contribution >= 0.6 is 0 Å². The summed E-state index contributed by atoms with van der Waals surface area (Å²) in [7, 11) is 4.17. The van der Waals surface area contributed by atoms with E-state index in [1.165, 1.54) is 12.8 Å². The van der Waals surface area contributed by atoms with Crippen LogP contribution < -0.4 is 5.32 Å². The van der Waals surface area contributed by atoms with Gasteiger partial charge in [-0.05, 0) is 70.7 Å². The molecule has 20 heavy (non-hydrogen) atoms. The van der Waals surface area contributed by atoms with Gasteiger partial charge in [-0.2, -0.15) is 0 Å². The number of amides is 1. The van der Waals surface area contributed by atoms with Gasteiger partial charge in [-0.3, -0.25) is 4.79 Å². The minimum absolute atomic E-state index is 0.352. The van der Waals surface area contributed by atoms with Crippen molar-refractivity contribution < 1.29 is 4.79 Å². The van der Waals surface area contributed by atoms with E-state index in [4.69, 9.17) is 0 Å². The van der Waals surface area contributed by atoms with Crippen molar-refractivity contribution in [3.8, 4) is 0 Å². The number of carbonyl (C=O) groups excluding carboxylic acids is 1. The highest BCUT2D eigenvalue weighted by molar-refractivity contribution is 5.76. The quantitative estimate of drug-likeness (QED) is 0.849. The van der Waals surface area contributed by atoms with Crippen molar-refractivity contribution in [2.24, 2.45) is 11.8 Å². The molecule has 1 unspecified atom stereocenters. The van der Waals surface area contributed by atoms with Gasteiger partial charge in [0.2, 0.25) is 5.91 Å². The SMILES string of the molecule is CC(CC(=O)N(C)C1CCN(C)CC1)C1CCNCC1. The monoisotopic (exact) mass is 281 g/mol. The molecule has 0 aliphatic carbocycles. The number of nitrogens with zero attached hydrogens (tertiary/aromatic N) is 2. The molecule has 2 heterocycles. The van der Waals surface area contributed by atoms with Gasteiger partial charge in [-0.15, -0.1) is 0 Å². The number of rotatable bonds is 4. The van der Waals surface area contributed by atoms with E-state index in [9.17, 15) is 4.79 Å². The van der Waals surface area contributed by atoms with E-state index in [2.05, 4.69) is 24.2 Å². The standard InChI is InChI=1S/C16H31N3O/c1-13(14-4-8-17-9-5-14)12-16(20)19(3)15-6-10-18(2)11-7-15/h13-15,17H,4-12H2,1-3H3. The minimum atomic E-state index is 0.352. The molecule has 4 nitrogen and oxygen atoms in total. The number of hydrogen-bond acceptors (Lipinski definition) is 3. The molecule has 0 radical (unpaired) electrons. The van der Waals surface area contributed by atoms with Crippen molar-refractivity contribution in [3.63, 3.8) is 0 Å². The van der Waals surface area contributed by atoms with Crippen LogP contribution in [0.1, 0.15) is 39.0 Å². The van der Waals surface area contributed by atoms with Gasteiger partial charge >= 0.3 is 0 Å². The molecule has 0 aromatic rings. The molecule has 2 aliphatic heterocycles. The van der Waals surface area contributed by atoms with E-state index in [1.807, 2.05) is 11.9 Å². The molecule has 1 amide bonds. The highest BCUT2D eigenvalue weighted by atomic mass is 16.2. The van der Waals surface area contributed by atoms with Crippen LogP contribution in [0.15, 0.2) is 0 Å². The van der Waals surface area contributed by atoms with E-state index >= 15 is 0 Å². The predicted molar refractivity (Wildman–Crippen MR) is 82.7 cm³/mol.